The molecule has 15 heteroatoms. The van der Waals surface area contributed by atoms with Crippen LogP contribution in [0.15, 0.2) is 53.7 Å². The van der Waals surface area contributed by atoms with E-state index in [1.807, 2.05) is 0 Å². The van der Waals surface area contributed by atoms with Crippen LogP contribution >= 0.6 is 0 Å². The summed E-state index contributed by atoms with van der Waals surface area (Å²) in [7, 11) is -4.02. The van der Waals surface area contributed by atoms with E-state index in [1.54, 1.807) is 0 Å². The monoisotopic (exact) mass is 564 g/mol. The number of pyridine rings is 1. The van der Waals surface area contributed by atoms with Gasteiger partial charge in [0.1, 0.15) is 11.5 Å². The molecule has 2 aromatic heterocycles. The van der Waals surface area contributed by atoms with E-state index in [0.717, 1.165) is 36.5 Å². The van der Waals surface area contributed by atoms with Crippen LogP contribution in [-0.2, 0) is 33.5 Å². The van der Waals surface area contributed by atoms with Crippen LogP contribution in [0.1, 0.15) is 36.2 Å². The number of aromatic nitrogens is 3. The summed E-state index contributed by atoms with van der Waals surface area (Å²) in [5.41, 5.74) is -3.28. The Bertz CT molecular complexity index is 1420. The lowest BCUT2D eigenvalue weighted by atomic mass is 10.1. The van der Waals surface area contributed by atoms with Gasteiger partial charge in [0.15, 0.2) is 15.5 Å². The Hall–Kier alpha value is -3.49. The fraction of sp³-hybridized carbons (Fsp3) is 0.348. The summed E-state index contributed by atoms with van der Waals surface area (Å²) >= 11 is 0. The summed E-state index contributed by atoms with van der Waals surface area (Å²) in [5, 5.41) is 4.60. The van der Waals surface area contributed by atoms with Gasteiger partial charge in [-0.25, -0.2) is 22.5 Å². The Labute approximate surface area is 211 Å². The molecule has 1 fully saturated rings. The molecule has 0 spiro atoms. The Morgan fingerprint density at radius 2 is 1.68 bits per heavy atom. The van der Waals surface area contributed by atoms with Crippen LogP contribution in [0.3, 0.4) is 0 Å². The topological polar surface area (TPSA) is 93.9 Å². The third-order valence-corrected chi connectivity index (χ3v) is 8.44. The number of rotatable bonds is 6. The van der Waals surface area contributed by atoms with E-state index < -0.39 is 68.6 Å². The molecule has 0 bridgehead atoms. The molecule has 1 aliphatic carbocycles. The highest BCUT2D eigenvalue weighted by atomic mass is 32.2. The molecular formula is C23H19F7N4O3S. The first-order valence-corrected chi connectivity index (χ1v) is 12.7. The van der Waals surface area contributed by atoms with Gasteiger partial charge in [-0.15, -0.1) is 0 Å². The van der Waals surface area contributed by atoms with Crippen molar-refractivity contribution in [3.8, 4) is 5.69 Å². The number of halogens is 7. The third kappa shape index (κ3) is 5.66. The van der Waals surface area contributed by atoms with Gasteiger partial charge >= 0.3 is 12.4 Å². The van der Waals surface area contributed by atoms with Crippen molar-refractivity contribution in [1.82, 2.24) is 20.1 Å². The maximum Gasteiger partial charge on any atom is 0.435 e. The number of nitrogens with zero attached hydrogens (tertiary/aromatic N) is 3. The van der Waals surface area contributed by atoms with E-state index in [-0.39, 0.29) is 23.4 Å². The maximum absolute atomic E-state index is 13.6. The number of carbonyl (C=O) groups is 1. The zero-order valence-corrected chi connectivity index (χ0v) is 20.0. The molecular weight excluding hydrogens is 545 g/mol. The molecule has 204 valence electrons. The summed E-state index contributed by atoms with van der Waals surface area (Å²) in [4.78, 5) is 15.9. The summed E-state index contributed by atoms with van der Waals surface area (Å²) in [6.07, 6.45) is -7.37. The van der Waals surface area contributed by atoms with Crippen LogP contribution in [0.4, 0.5) is 30.7 Å². The number of carbonyl (C=O) groups excluding carboxylic acids is 1. The van der Waals surface area contributed by atoms with Crippen molar-refractivity contribution in [3.05, 3.63) is 71.6 Å². The van der Waals surface area contributed by atoms with Gasteiger partial charge in [-0.1, -0.05) is 6.42 Å². The molecule has 1 saturated carbocycles. The molecule has 0 radical (unpaired) electrons. The van der Waals surface area contributed by atoms with E-state index in [2.05, 4.69) is 15.4 Å². The molecule has 3 aromatic rings. The molecule has 7 nitrogen and oxygen atoms in total. The number of nitrogens with one attached hydrogen (secondary N) is 1. The van der Waals surface area contributed by atoms with Crippen LogP contribution in [0.25, 0.3) is 5.69 Å². The van der Waals surface area contributed by atoms with Crippen LogP contribution in [0, 0.1) is 11.7 Å². The molecule has 0 saturated heterocycles. The first-order chi connectivity index (χ1) is 17.7. The lowest BCUT2D eigenvalue weighted by molar-refractivity contribution is -0.142. The summed E-state index contributed by atoms with van der Waals surface area (Å²) < 4.78 is 119. The van der Waals surface area contributed by atoms with Crippen LogP contribution in [0.2, 0.25) is 0 Å². The number of hydrogen-bond donors (Lipinski definition) is 1. The zero-order chi connectivity index (χ0) is 27.9. The smallest absolute Gasteiger partial charge is 0.352 e. The number of benzene rings is 1. The third-order valence-electron chi connectivity index (χ3n) is 6.14. The summed E-state index contributed by atoms with van der Waals surface area (Å²) in [6, 6.07) is 5.59. The van der Waals surface area contributed by atoms with Gasteiger partial charge in [-0.05, 0) is 49.2 Å². The minimum atomic E-state index is -4.95. The van der Waals surface area contributed by atoms with Gasteiger partial charge in [0.05, 0.1) is 27.9 Å². The molecule has 4 rings (SSSR count). The Morgan fingerprint density at radius 3 is 2.26 bits per heavy atom. The largest absolute Gasteiger partial charge is 0.435 e. The van der Waals surface area contributed by atoms with E-state index in [0.29, 0.717) is 23.4 Å². The lowest BCUT2D eigenvalue weighted by Crippen LogP contribution is -2.38. The van der Waals surface area contributed by atoms with Crippen molar-refractivity contribution < 1.29 is 43.9 Å². The van der Waals surface area contributed by atoms with E-state index in [1.165, 1.54) is 0 Å². The average molecular weight is 564 g/mol. The minimum absolute atomic E-state index is 0.143. The molecule has 2 heterocycles. The fourth-order valence-corrected chi connectivity index (χ4v) is 6.34. The highest BCUT2D eigenvalue weighted by Crippen LogP contribution is 2.36. The van der Waals surface area contributed by atoms with Crippen LogP contribution in [-0.4, -0.2) is 34.3 Å². The number of alkyl halides is 6. The maximum atomic E-state index is 13.6. The lowest BCUT2D eigenvalue weighted by Gasteiger charge is -2.20. The van der Waals surface area contributed by atoms with Crippen molar-refractivity contribution in [2.45, 2.75) is 48.3 Å². The summed E-state index contributed by atoms with van der Waals surface area (Å²) in [6.45, 7) is -0.665. The molecule has 38 heavy (non-hydrogen) atoms. The zero-order valence-electron chi connectivity index (χ0n) is 19.2. The van der Waals surface area contributed by atoms with Gasteiger partial charge in [0.25, 0.3) is 0 Å². The Morgan fingerprint density at radius 1 is 1.00 bits per heavy atom. The number of amides is 1. The van der Waals surface area contributed by atoms with E-state index in [9.17, 15) is 43.9 Å². The second kappa shape index (κ2) is 10.0. The quantitative estimate of drug-likeness (QED) is 0.346. The van der Waals surface area contributed by atoms with E-state index >= 15 is 0 Å². The fourth-order valence-electron chi connectivity index (χ4n) is 4.31. The number of sulfone groups is 1. The standard InChI is InChI=1S/C23H19F7N4O3S/c24-14-4-7-16(8-5-14)38(36,37)18-3-1-2-17(18)21(35)32-10-13-12-34(33-20(13)23(28,29)30)15-6-9-19(31-11-15)22(25,26)27/h4-9,11-12,17-18H,1-3,10H2,(H,32,35)/t17-,18+/m1/s1. The van der Waals surface area contributed by atoms with E-state index in [4.69, 9.17) is 0 Å². The van der Waals surface area contributed by atoms with Crippen molar-refractivity contribution in [2.24, 2.45) is 5.92 Å². The second-order valence-corrected chi connectivity index (χ2v) is 10.8. The molecule has 1 amide bonds. The molecule has 2 atom stereocenters. The molecule has 1 aromatic carbocycles. The average Bonchev–Trinajstić information content (AvgIpc) is 3.50. The Kier molecular flexibility index (Phi) is 7.25. The summed E-state index contributed by atoms with van der Waals surface area (Å²) in [5.74, 6) is -2.47. The Balaban J connectivity index is 1.53. The second-order valence-electron chi connectivity index (χ2n) is 8.64. The minimum Gasteiger partial charge on any atom is -0.352 e. The van der Waals surface area contributed by atoms with Crippen molar-refractivity contribution in [3.63, 3.8) is 0 Å². The molecule has 1 aliphatic rings. The molecule has 0 unspecified atom stereocenters. The van der Waals surface area contributed by atoms with Gasteiger partial charge < -0.3 is 5.32 Å². The van der Waals surface area contributed by atoms with Gasteiger partial charge in [0, 0.05) is 18.3 Å². The SMILES string of the molecule is O=C(NCc1cn(-c2ccc(C(F)(F)F)nc2)nc1C(F)(F)F)[C@@H]1CCC[C@@H]1S(=O)(=O)c1ccc(F)cc1. The predicted octanol–water partition coefficient (Wildman–Crippen LogP) is 4.70. The highest BCUT2D eigenvalue weighted by molar-refractivity contribution is 7.92. The van der Waals surface area contributed by atoms with Crippen molar-refractivity contribution >= 4 is 15.7 Å². The molecule has 0 aliphatic heterocycles. The van der Waals surface area contributed by atoms with Crippen molar-refractivity contribution in [1.29, 1.82) is 0 Å². The van der Waals surface area contributed by atoms with Crippen molar-refractivity contribution in [2.75, 3.05) is 0 Å². The van der Waals surface area contributed by atoms with Crippen LogP contribution < -0.4 is 5.32 Å². The molecule has 1 N–H and O–H groups in total. The van der Waals surface area contributed by atoms with Crippen LogP contribution in [0.5, 0.6) is 0 Å². The van der Waals surface area contributed by atoms with Gasteiger partial charge in [0.2, 0.25) is 5.91 Å². The predicted molar refractivity (Wildman–Crippen MR) is 118 cm³/mol. The van der Waals surface area contributed by atoms with Gasteiger partial charge in [-0.2, -0.15) is 31.4 Å². The normalized spacial score (nSPS) is 18.5. The number of hydrogen-bond acceptors (Lipinski definition) is 5. The van der Waals surface area contributed by atoms with Gasteiger partial charge in [-0.3, -0.25) is 4.79 Å². The first kappa shape index (κ1) is 27.5. The highest BCUT2D eigenvalue weighted by Gasteiger charge is 2.43. The first-order valence-electron chi connectivity index (χ1n) is 11.1.